The molecule has 4 aliphatic heterocycles. The van der Waals surface area contributed by atoms with E-state index in [1.807, 2.05) is 27.7 Å². The molecular weight excluding hydrogens is 1180 g/mol. The summed E-state index contributed by atoms with van der Waals surface area (Å²) in [4.78, 5) is 39.9. The molecule has 6 aliphatic carbocycles. The molecule has 0 unspecified atom stereocenters. The Kier molecular flexibility index (Phi) is 19.0. The van der Waals surface area contributed by atoms with E-state index in [1.54, 1.807) is 19.9 Å². The molecule has 10 rings (SSSR count). The summed E-state index contributed by atoms with van der Waals surface area (Å²) >= 11 is 0. The van der Waals surface area contributed by atoms with Gasteiger partial charge in [0.05, 0.1) is 42.0 Å². The van der Waals surface area contributed by atoms with Crippen molar-refractivity contribution in [3.05, 3.63) is 11.6 Å². The van der Waals surface area contributed by atoms with Gasteiger partial charge in [-0.25, -0.2) is 9.59 Å². The Hall–Kier alpha value is -2.73. The highest BCUT2D eigenvalue weighted by molar-refractivity contribution is 5.87. The standard InChI is InChI=1S/C61H96O28/c1-11-23(2)49(77)87-46-47(80-24(3)64)61-30(19-55(46,4)5)60(89-54(61)79)17-13-29-57(8)15-14-32(56(6,7)28(57)12-16-58(29,9)59(60,10)20-31(61)65)83-53-45(81-26-18-25(21-62)33(66)36(69)34(26)67)42(41(74)43(85-53)48(75)76)84-52-44(38(71)35(68)27(22-63)82-52)86-51-40(73)37(70)39(72)50(78)88-51/h11,25-47,50-54,62-63,65-74,78-79H,12-22H2,1-10H3,(H,75,76)/b23-11-/t25-,26-,27-,28+,29-,30+,31-,32+,33+,34-,35+,36+,37-,38+,39-,40-,41+,42+,43+,44-,45-,46+,47+,50-,51-,52+,53-,54+,57+,58-,59+,60+,61-/m1/s1. The minimum Gasteiger partial charge on any atom is -0.479 e. The van der Waals surface area contributed by atoms with E-state index in [4.69, 9.17) is 47.4 Å². The molecule has 28 nitrogen and oxygen atoms in total. The van der Waals surface area contributed by atoms with Crippen LogP contribution < -0.4 is 0 Å². The number of carboxylic acid groups (broad SMARTS) is 1. The number of fused-ring (bicyclic) bond motifs is 4. The molecule has 0 radical (unpaired) electrons. The molecule has 6 saturated carbocycles. The zero-order chi connectivity index (χ0) is 65.5. The normalized spacial score (nSPS) is 53.5. The number of carboxylic acids is 1. The number of rotatable bonds is 14. The van der Waals surface area contributed by atoms with Gasteiger partial charge in [-0.3, -0.25) is 4.79 Å². The molecule has 0 aromatic carbocycles. The Morgan fingerprint density at radius 1 is 0.584 bits per heavy atom. The molecule has 4 heterocycles. The molecule has 28 heteroatoms. The lowest BCUT2D eigenvalue weighted by atomic mass is 9.30. The van der Waals surface area contributed by atoms with Crippen molar-refractivity contribution in [3.8, 4) is 0 Å². The first kappa shape index (κ1) is 69.1. The second-order valence-electron chi connectivity index (χ2n) is 29.4. The van der Waals surface area contributed by atoms with E-state index in [1.165, 1.54) is 6.92 Å². The van der Waals surface area contributed by atoms with Crippen molar-refractivity contribution in [2.45, 2.75) is 280 Å². The molecule has 0 aromatic heterocycles. The second-order valence-corrected chi connectivity index (χ2v) is 29.4. The van der Waals surface area contributed by atoms with E-state index in [9.17, 15) is 91.0 Å². The summed E-state index contributed by atoms with van der Waals surface area (Å²) in [7, 11) is 0. The third kappa shape index (κ3) is 10.6. The maximum atomic E-state index is 13.5. The molecule has 33 atom stereocenters. The zero-order valence-electron chi connectivity index (χ0n) is 52.0. The van der Waals surface area contributed by atoms with E-state index >= 15 is 0 Å². The highest BCUT2D eigenvalue weighted by Crippen LogP contribution is 2.82. The monoisotopic (exact) mass is 1280 g/mol. The number of aliphatic hydroxyl groups is 14. The van der Waals surface area contributed by atoms with Gasteiger partial charge in [-0.1, -0.05) is 54.5 Å². The van der Waals surface area contributed by atoms with Gasteiger partial charge in [0, 0.05) is 41.8 Å². The van der Waals surface area contributed by atoms with E-state index in [2.05, 4.69) is 20.8 Å². The van der Waals surface area contributed by atoms with Crippen LogP contribution in [0, 0.1) is 56.2 Å². The van der Waals surface area contributed by atoms with Gasteiger partial charge < -0.3 is 124 Å². The SMILES string of the molecule is C/C=C(/C)C(=O)O[C@H]1[C@H](OC(C)=O)[C@@]23[C@H](O)C[C@]4(C)[C@@](CC[C@@H]5[C@@]6(C)CC[C@H](O[C@@H]7O[C@H](C(=O)O)[C@@H](O)[C@H](O[C@@H]8O[C@H](CO)[C@H](O)[C@H](O)[C@H]8O[C@@H]8O[C@@H](O)[C@H](O)[C@@H](O)[C@H]8O)[C@H]7O[C@@H]7C[C@H](CO)[C@H](O)[C@H](O)[C@@H]7O)C(C)(C)[C@@H]6CC[C@]54C)(O[C@@H]2O)[C@@H]3CC1(C)C. The molecule has 0 aromatic rings. The fourth-order valence-corrected chi connectivity index (χ4v) is 19.3. The number of carbonyl (C=O) groups is 3. The number of esters is 2. The molecular formula is C61H96O28. The summed E-state index contributed by atoms with van der Waals surface area (Å²) in [6.07, 6.45) is -39.0. The highest BCUT2D eigenvalue weighted by atomic mass is 16.8. The lowest BCUT2D eigenvalue weighted by Gasteiger charge is -2.75. The molecule has 508 valence electrons. The van der Waals surface area contributed by atoms with Gasteiger partial charge in [0.25, 0.3) is 0 Å². The zero-order valence-corrected chi connectivity index (χ0v) is 52.0. The first-order valence-electron chi connectivity index (χ1n) is 31.4. The topological polar surface area (TPSA) is 447 Å². The fourth-order valence-electron chi connectivity index (χ4n) is 19.3. The molecule has 1 spiro atoms. The van der Waals surface area contributed by atoms with Crippen molar-refractivity contribution in [2.24, 2.45) is 56.2 Å². The van der Waals surface area contributed by atoms with E-state index in [0.29, 0.717) is 50.5 Å². The number of allylic oxidation sites excluding steroid dienone is 1. The minimum absolute atomic E-state index is 0.0524. The molecule has 10 aliphatic rings. The maximum absolute atomic E-state index is 13.5. The van der Waals surface area contributed by atoms with Crippen molar-refractivity contribution in [1.29, 1.82) is 0 Å². The number of hydrogen-bond acceptors (Lipinski definition) is 27. The maximum Gasteiger partial charge on any atom is 0.335 e. The van der Waals surface area contributed by atoms with Crippen LogP contribution in [0.1, 0.15) is 127 Å². The van der Waals surface area contributed by atoms with Crippen LogP contribution in [0.5, 0.6) is 0 Å². The van der Waals surface area contributed by atoms with Crippen molar-refractivity contribution < 1.29 is 138 Å². The number of aliphatic hydroxyl groups excluding tert-OH is 14. The lowest BCUT2D eigenvalue weighted by Crippen LogP contribution is -2.77. The largest absolute Gasteiger partial charge is 0.479 e. The van der Waals surface area contributed by atoms with Crippen molar-refractivity contribution >= 4 is 17.9 Å². The Bertz CT molecular complexity index is 2620. The molecule has 10 fully saturated rings. The van der Waals surface area contributed by atoms with Gasteiger partial charge in [-0.05, 0) is 99.7 Å². The first-order valence-corrected chi connectivity index (χ1v) is 31.4. The molecule has 89 heavy (non-hydrogen) atoms. The predicted molar refractivity (Wildman–Crippen MR) is 298 cm³/mol. The Morgan fingerprint density at radius 2 is 1.22 bits per heavy atom. The summed E-state index contributed by atoms with van der Waals surface area (Å²) in [6, 6.07) is 0. The molecule has 15 N–H and O–H groups in total. The van der Waals surface area contributed by atoms with Crippen LogP contribution in [0.15, 0.2) is 11.6 Å². The minimum atomic E-state index is -2.28. The number of ether oxygens (including phenoxy) is 10. The number of carbonyl (C=O) groups excluding carboxylic acids is 2. The van der Waals surface area contributed by atoms with Crippen LogP contribution in [0.3, 0.4) is 0 Å². The summed E-state index contributed by atoms with van der Waals surface area (Å²) in [6.45, 7) is 17.4. The van der Waals surface area contributed by atoms with Crippen molar-refractivity contribution in [3.63, 3.8) is 0 Å². The van der Waals surface area contributed by atoms with Gasteiger partial charge in [-0.15, -0.1) is 0 Å². The van der Waals surface area contributed by atoms with Crippen LogP contribution in [-0.4, -0.2) is 261 Å². The van der Waals surface area contributed by atoms with Gasteiger partial charge >= 0.3 is 17.9 Å². The fraction of sp³-hybridized carbons (Fsp3) is 0.918. The second kappa shape index (κ2) is 24.5. The van der Waals surface area contributed by atoms with Crippen LogP contribution in [-0.2, 0) is 61.8 Å². The smallest absolute Gasteiger partial charge is 0.335 e. The quantitative estimate of drug-likeness (QED) is 0.0494. The third-order valence-corrected chi connectivity index (χ3v) is 24.3. The van der Waals surface area contributed by atoms with Crippen LogP contribution in [0.25, 0.3) is 0 Å². The summed E-state index contributed by atoms with van der Waals surface area (Å²) < 4.78 is 62.5. The van der Waals surface area contributed by atoms with Crippen LogP contribution in [0.2, 0.25) is 0 Å². The van der Waals surface area contributed by atoms with Crippen molar-refractivity contribution in [2.75, 3.05) is 13.2 Å². The van der Waals surface area contributed by atoms with Gasteiger partial charge in [0.15, 0.2) is 43.7 Å². The Labute approximate surface area is 515 Å². The highest BCUT2D eigenvalue weighted by Gasteiger charge is 2.86. The lowest BCUT2D eigenvalue weighted by molar-refractivity contribution is -0.404. The average Bonchev–Trinajstić information content (AvgIpc) is 1.58. The summed E-state index contributed by atoms with van der Waals surface area (Å²) in [5.74, 6) is -4.91. The van der Waals surface area contributed by atoms with Gasteiger partial charge in [0.2, 0.25) is 0 Å². The summed E-state index contributed by atoms with van der Waals surface area (Å²) in [5.41, 5.74) is -5.86. The van der Waals surface area contributed by atoms with Crippen LogP contribution >= 0.6 is 0 Å². The number of aliphatic carboxylic acids is 1. The molecule has 0 amide bonds. The van der Waals surface area contributed by atoms with E-state index in [-0.39, 0.29) is 24.7 Å². The molecule has 2 bridgehead atoms. The van der Waals surface area contributed by atoms with E-state index < -0.39 is 228 Å². The number of hydrogen-bond donors (Lipinski definition) is 15. The third-order valence-electron chi connectivity index (χ3n) is 24.3. The predicted octanol–water partition coefficient (Wildman–Crippen LogP) is -2.29. The van der Waals surface area contributed by atoms with Crippen molar-refractivity contribution in [1.82, 2.24) is 0 Å². The van der Waals surface area contributed by atoms with E-state index in [0.717, 1.165) is 0 Å². The van der Waals surface area contributed by atoms with Gasteiger partial charge in [0.1, 0.15) is 79.4 Å². The van der Waals surface area contributed by atoms with Gasteiger partial charge in [-0.2, -0.15) is 0 Å². The average molecular weight is 1280 g/mol. The first-order chi connectivity index (χ1) is 41.5. The van der Waals surface area contributed by atoms with Crippen LogP contribution in [0.4, 0.5) is 0 Å². The Morgan fingerprint density at radius 3 is 1.85 bits per heavy atom. The Balaban J connectivity index is 0.972. The summed E-state index contributed by atoms with van der Waals surface area (Å²) in [5, 5.41) is 167. The molecule has 4 saturated heterocycles.